The Morgan fingerprint density at radius 1 is 1.11 bits per heavy atom. The zero-order valence-corrected chi connectivity index (χ0v) is 15.3. The van der Waals surface area contributed by atoms with Crippen LogP contribution < -0.4 is 5.43 Å². The topological polar surface area (TPSA) is 102 Å². The fourth-order valence-corrected chi connectivity index (χ4v) is 3.67. The van der Waals surface area contributed by atoms with Crippen molar-refractivity contribution in [1.82, 2.24) is 34.7 Å². The molecule has 0 saturated carbocycles. The van der Waals surface area contributed by atoms with Gasteiger partial charge in [0.05, 0.1) is 15.7 Å². The monoisotopic (exact) mass is 375 g/mol. The van der Waals surface area contributed by atoms with Crippen molar-refractivity contribution < 1.29 is 0 Å². The average molecular weight is 375 g/mol. The molecule has 0 saturated heterocycles. The van der Waals surface area contributed by atoms with Gasteiger partial charge in [0.25, 0.3) is 0 Å². The fraction of sp³-hybridized carbons (Fsp3) is 0.111. The molecule has 0 amide bonds. The first-order valence-corrected chi connectivity index (χ1v) is 9.09. The van der Waals surface area contributed by atoms with Crippen LogP contribution in [0.15, 0.2) is 40.8 Å². The maximum absolute atomic E-state index is 12.3. The number of aryl methyl sites for hydroxylation is 1. The Balaban J connectivity index is 1.87. The molecule has 0 radical (unpaired) electrons. The van der Waals surface area contributed by atoms with Crippen molar-refractivity contribution in [2.24, 2.45) is 7.05 Å². The summed E-state index contributed by atoms with van der Waals surface area (Å²) in [5.41, 5.74) is 5.25. The van der Waals surface area contributed by atoms with E-state index in [0.717, 1.165) is 21.6 Å². The van der Waals surface area contributed by atoms with Gasteiger partial charge in [0.2, 0.25) is 5.43 Å². The summed E-state index contributed by atoms with van der Waals surface area (Å²) < 4.78 is 2.89. The summed E-state index contributed by atoms with van der Waals surface area (Å²) in [6.07, 6.45) is 1.56. The number of pyridine rings is 1. The molecule has 0 spiro atoms. The van der Waals surface area contributed by atoms with E-state index < -0.39 is 0 Å². The number of benzene rings is 1. The van der Waals surface area contributed by atoms with Crippen LogP contribution in [0.3, 0.4) is 0 Å². The van der Waals surface area contributed by atoms with E-state index in [1.807, 2.05) is 36.7 Å². The van der Waals surface area contributed by atoms with Gasteiger partial charge in [0.1, 0.15) is 17.2 Å². The summed E-state index contributed by atoms with van der Waals surface area (Å²) in [4.78, 5) is 28.9. The van der Waals surface area contributed by atoms with Gasteiger partial charge in [-0.1, -0.05) is 6.07 Å². The molecule has 0 bridgehead atoms. The molecule has 4 heterocycles. The minimum Gasteiger partial charge on any atom is -0.345 e. The van der Waals surface area contributed by atoms with Gasteiger partial charge in [-0.15, -0.1) is 21.5 Å². The Morgan fingerprint density at radius 2 is 2.00 bits per heavy atom. The Bertz CT molecular complexity index is 1380. The van der Waals surface area contributed by atoms with Crippen LogP contribution in [0.1, 0.15) is 5.82 Å². The van der Waals surface area contributed by atoms with Crippen LogP contribution >= 0.6 is 11.3 Å². The molecule has 5 rings (SSSR count). The largest absolute Gasteiger partial charge is 0.345 e. The van der Waals surface area contributed by atoms with E-state index in [2.05, 4.69) is 30.1 Å². The molecule has 9 heteroatoms. The van der Waals surface area contributed by atoms with Gasteiger partial charge in [-0.25, -0.2) is 15.0 Å². The number of fused-ring (bicyclic) bond motifs is 2. The number of aromatic nitrogens is 7. The molecular formula is C18H13N7OS. The third kappa shape index (κ3) is 2.43. The molecule has 0 aliphatic heterocycles. The fourth-order valence-electron chi connectivity index (χ4n) is 2.96. The minimum absolute atomic E-state index is 0.183. The Labute approximate surface area is 156 Å². The number of nitrogens with zero attached hydrogens (tertiary/aromatic N) is 6. The number of H-pyrrole nitrogens is 1. The minimum atomic E-state index is -0.183. The van der Waals surface area contributed by atoms with Gasteiger partial charge in [-0.05, 0) is 19.1 Å². The smallest absolute Gasteiger partial charge is 0.209 e. The summed E-state index contributed by atoms with van der Waals surface area (Å²) in [5.74, 6) is 1.35. The molecule has 1 aromatic carbocycles. The molecule has 132 valence electrons. The summed E-state index contributed by atoms with van der Waals surface area (Å²) in [6.45, 7) is 1.87. The molecule has 8 nitrogen and oxygen atoms in total. The zero-order chi connectivity index (χ0) is 18.5. The summed E-state index contributed by atoms with van der Waals surface area (Å²) in [5, 5.41) is 8.39. The molecule has 27 heavy (non-hydrogen) atoms. The second kappa shape index (κ2) is 5.78. The molecule has 0 aliphatic carbocycles. The first-order chi connectivity index (χ1) is 13.1. The number of rotatable bonds is 2. The zero-order valence-electron chi connectivity index (χ0n) is 14.5. The summed E-state index contributed by atoms with van der Waals surface area (Å²) in [6, 6.07) is 7.32. The molecule has 4 aromatic heterocycles. The van der Waals surface area contributed by atoms with E-state index in [9.17, 15) is 4.79 Å². The highest BCUT2D eigenvalue weighted by molar-refractivity contribution is 7.16. The van der Waals surface area contributed by atoms with E-state index in [1.165, 1.54) is 6.07 Å². The number of hydrogen-bond donors (Lipinski definition) is 1. The van der Waals surface area contributed by atoms with Gasteiger partial charge in [0.15, 0.2) is 17.0 Å². The molecule has 0 atom stereocenters. The van der Waals surface area contributed by atoms with Crippen molar-refractivity contribution in [3.8, 4) is 22.8 Å². The predicted octanol–water partition coefficient (Wildman–Crippen LogP) is 2.70. The average Bonchev–Trinajstić information content (AvgIpc) is 3.27. The van der Waals surface area contributed by atoms with Crippen LogP contribution in [0.5, 0.6) is 0 Å². The van der Waals surface area contributed by atoms with E-state index in [-0.39, 0.29) is 5.43 Å². The van der Waals surface area contributed by atoms with E-state index in [4.69, 9.17) is 0 Å². The molecule has 0 unspecified atom stereocenters. The summed E-state index contributed by atoms with van der Waals surface area (Å²) in [7, 11) is 1.88. The normalized spacial score (nSPS) is 11.5. The first kappa shape index (κ1) is 15.8. The highest BCUT2D eigenvalue weighted by Crippen LogP contribution is 2.31. The Morgan fingerprint density at radius 3 is 2.81 bits per heavy atom. The standard InChI is InChI=1S/C18H13N7OS/c1-9-23-24-18(25(9)2)16-14(10-3-4-11-13(7-10)27-8-20-11)21-15-12(26)5-6-19-17(15)22-16/h3-8H,1-2H3,(H,19,22,26). The summed E-state index contributed by atoms with van der Waals surface area (Å²) >= 11 is 1.55. The number of nitrogens with one attached hydrogen (secondary N) is 1. The third-order valence-corrected chi connectivity index (χ3v) is 5.28. The van der Waals surface area contributed by atoms with Crippen molar-refractivity contribution in [3.63, 3.8) is 0 Å². The molecule has 0 fully saturated rings. The molecule has 0 aliphatic rings. The SMILES string of the molecule is Cc1nnc(-c2nc3[nH]ccc(=O)c3nc2-c2ccc3ncsc3c2)n1C. The highest BCUT2D eigenvalue weighted by atomic mass is 32.1. The van der Waals surface area contributed by atoms with Gasteiger partial charge < -0.3 is 9.55 Å². The highest BCUT2D eigenvalue weighted by Gasteiger charge is 2.19. The second-order valence-corrected chi connectivity index (χ2v) is 7.01. The van der Waals surface area contributed by atoms with Crippen LogP contribution in [-0.4, -0.2) is 34.7 Å². The Kier molecular flexibility index (Phi) is 3.37. The van der Waals surface area contributed by atoms with Crippen LogP contribution in [-0.2, 0) is 7.05 Å². The van der Waals surface area contributed by atoms with Crippen molar-refractivity contribution in [2.45, 2.75) is 6.92 Å². The molecular weight excluding hydrogens is 362 g/mol. The molecule has 1 N–H and O–H groups in total. The first-order valence-electron chi connectivity index (χ1n) is 8.21. The van der Waals surface area contributed by atoms with Crippen LogP contribution in [0.2, 0.25) is 0 Å². The predicted molar refractivity (Wildman–Crippen MR) is 104 cm³/mol. The quantitative estimate of drug-likeness (QED) is 0.509. The molecule has 5 aromatic rings. The lowest BCUT2D eigenvalue weighted by molar-refractivity contribution is 0.861. The number of thiazole rings is 1. The lowest BCUT2D eigenvalue weighted by atomic mass is 10.1. The third-order valence-electron chi connectivity index (χ3n) is 4.49. The van der Waals surface area contributed by atoms with Gasteiger partial charge in [-0.3, -0.25) is 4.79 Å². The lowest BCUT2D eigenvalue weighted by Gasteiger charge is -2.09. The maximum Gasteiger partial charge on any atom is 0.209 e. The van der Waals surface area contributed by atoms with Crippen molar-refractivity contribution in [2.75, 3.05) is 0 Å². The lowest BCUT2D eigenvalue weighted by Crippen LogP contribution is -2.08. The van der Waals surface area contributed by atoms with Gasteiger partial charge in [0, 0.05) is 24.9 Å². The van der Waals surface area contributed by atoms with Crippen LogP contribution in [0, 0.1) is 6.92 Å². The second-order valence-electron chi connectivity index (χ2n) is 6.12. The Hall–Kier alpha value is -3.46. The maximum atomic E-state index is 12.3. The van der Waals surface area contributed by atoms with Crippen LogP contribution in [0.4, 0.5) is 0 Å². The van der Waals surface area contributed by atoms with Crippen molar-refractivity contribution in [3.05, 3.63) is 52.0 Å². The van der Waals surface area contributed by atoms with Crippen molar-refractivity contribution >= 4 is 32.7 Å². The number of aromatic amines is 1. The van der Waals surface area contributed by atoms with Gasteiger partial charge >= 0.3 is 0 Å². The van der Waals surface area contributed by atoms with Crippen molar-refractivity contribution in [1.29, 1.82) is 0 Å². The van der Waals surface area contributed by atoms with Gasteiger partial charge in [-0.2, -0.15) is 0 Å². The van der Waals surface area contributed by atoms with E-state index in [0.29, 0.717) is 28.4 Å². The van der Waals surface area contributed by atoms with Crippen LogP contribution in [0.25, 0.3) is 44.2 Å². The van der Waals surface area contributed by atoms with E-state index in [1.54, 1.807) is 23.0 Å². The van der Waals surface area contributed by atoms with E-state index >= 15 is 0 Å². The number of hydrogen-bond acceptors (Lipinski definition) is 7.